The fourth-order valence-corrected chi connectivity index (χ4v) is 7.12. The van der Waals surface area contributed by atoms with Crippen molar-refractivity contribution in [3.8, 4) is 0 Å². The summed E-state index contributed by atoms with van der Waals surface area (Å²) in [6, 6.07) is 16.9. The lowest BCUT2D eigenvalue weighted by Crippen LogP contribution is -2.57. The van der Waals surface area contributed by atoms with Gasteiger partial charge in [-0.2, -0.15) is 0 Å². The molecule has 3 aromatic carbocycles. The van der Waals surface area contributed by atoms with E-state index in [1.807, 2.05) is 42.6 Å². The second-order valence-corrected chi connectivity index (χ2v) is 14.3. The number of H-pyrrole nitrogens is 1. The molecule has 0 spiro atoms. The standard InChI is InChI=1S/C34H38N6O5S.ClH/c1-34(2,35)33(43)39-31(28(19-41)27-17-38-29-6-4-3-5-26(27)29)30-25-10-8-22(15-21(25)11-13-37-30)32(42)40-14-12-20-7-9-24(46(36,44)45)16-23(20)18-40;/h3-10,15-17,19,28,30-31,37-38H,11-14,18,35H2,1-2H3,(H,39,43)(H2,36,44,45);1H. The minimum Gasteiger partial charge on any atom is -0.361 e. The summed E-state index contributed by atoms with van der Waals surface area (Å²) in [5.41, 5.74) is 10.7. The number of amides is 2. The van der Waals surface area contributed by atoms with Gasteiger partial charge in [-0.1, -0.05) is 30.3 Å². The molecule has 13 heteroatoms. The van der Waals surface area contributed by atoms with Gasteiger partial charge in [0.25, 0.3) is 5.91 Å². The second kappa shape index (κ2) is 13.2. The molecule has 1 aromatic heterocycles. The summed E-state index contributed by atoms with van der Waals surface area (Å²) in [4.78, 5) is 44.8. The molecule has 0 saturated heterocycles. The van der Waals surface area contributed by atoms with E-state index in [2.05, 4.69) is 15.6 Å². The predicted octanol–water partition coefficient (Wildman–Crippen LogP) is 2.83. The van der Waals surface area contributed by atoms with Crippen LogP contribution in [0.1, 0.15) is 64.0 Å². The molecule has 2 amide bonds. The highest BCUT2D eigenvalue weighted by Crippen LogP contribution is 2.36. The maximum absolute atomic E-state index is 13.7. The van der Waals surface area contributed by atoms with Gasteiger partial charge in [-0.25, -0.2) is 13.6 Å². The zero-order chi connectivity index (χ0) is 32.8. The van der Waals surface area contributed by atoms with Crippen LogP contribution in [0.2, 0.25) is 0 Å². The zero-order valence-electron chi connectivity index (χ0n) is 26.2. The topological polar surface area (TPSA) is 180 Å². The van der Waals surface area contributed by atoms with E-state index in [1.165, 1.54) is 6.07 Å². The first-order chi connectivity index (χ1) is 21.8. The summed E-state index contributed by atoms with van der Waals surface area (Å²) < 4.78 is 23.8. The van der Waals surface area contributed by atoms with Gasteiger partial charge in [0.2, 0.25) is 15.9 Å². The molecule has 0 bridgehead atoms. The normalized spacial score (nSPS) is 17.5. The number of nitrogens with zero attached hydrogens (tertiary/aromatic N) is 1. The number of benzene rings is 3. The molecular weight excluding hydrogens is 640 g/mol. The first kappa shape index (κ1) is 34.3. The Hall–Kier alpha value is -4.07. The van der Waals surface area contributed by atoms with Crippen molar-refractivity contribution in [2.24, 2.45) is 10.9 Å². The monoisotopic (exact) mass is 678 g/mol. The summed E-state index contributed by atoms with van der Waals surface area (Å²) in [7, 11) is -3.86. The van der Waals surface area contributed by atoms with E-state index in [0.29, 0.717) is 31.5 Å². The predicted molar refractivity (Wildman–Crippen MR) is 182 cm³/mol. The molecule has 3 unspecified atom stereocenters. The number of nitrogens with one attached hydrogen (secondary N) is 3. The molecule has 2 aliphatic heterocycles. The second-order valence-electron chi connectivity index (χ2n) is 12.7. The fraction of sp³-hybridized carbons (Fsp3) is 0.324. The van der Waals surface area contributed by atoms with E-state index in [0.717, 1.165) is 45.0 Å². The van der Waals surface area contributed by atoms with Crippen LogP contribution in [0.5, 0.6) is 0 Å². The molecule has 248 valence electrons. The molecule has 47 heavy (non-hydrogen) atoms. The average molecular weight is 679 g/mol. The Bertz CT molecular complexity index is 1950. The van der Waals surface area contributed by atoms with E-state index in [-0.39, 0.29) is 35.7 Å². The number of nitrogens with two attached hydrogens (primary N) is 2. The molecule has 11 nitrogen and oxygen atoms in total. The van der Waals surface area contributed by atoms with Crippen LogP contribution in [0.3, 0.4) is 0 Å². The maximum Gasteiger partial charge on any atom is 0.254 e. The summed E-state index contributed by atoms with van der Waals surface area (Å²) >= 11 is 0. The number of halogens is 1. The van der Waals surface area contributed by atoms with Crippen molar-refractivity contribution < 1.29 is 22.8 Å². The van der Waals surface area contributed by atoms with E-state index >= 15 is 0 Å². The van der Waals surface area contributed by atoms with Crippen LogP contribution in [0.25, 0.3) is 10.9 Å². The third-order valence-corrected chi connectivity index (χ3v) is 9.96. The van der Waals surface area contributed by atoms with Crippen molar-refractivity contribution in [3.05, 3.63) is 100 Å². The average Bonchev–Trinajstić information content (AvgIpc) is 3.46. The molecule has 3 atom stereocenters. The van der Waals surface area contributed by atoms with Crippen LogP contribution in [-0.4, -0.2) is 61.1 Å². The van der Waals surface area contributed by atoms with Crippen LogP contribution < -0.4 is 21.5 Å². The third kappa shape index (κ3) is 6.83. The van der Waals surface area contributed by atoms with Crippen LogP contribution in [0.15, 0.2) is 71.8 Å². The largest absolute Gasteiger partial charge is 0.361 e. The van der Waals surface area contributed by atoms with E-state index in [9.17, 15) is 22.8 Å². The van der Waals surface area contributed by atoms with Crippen LogP contribution in [-0.2, 0) is 39.0 Å². The summed E-state index contributed by atoms with van der Waals surface area (Å²) in [6.45, 7) is 4.58. The van der Waals surface area contributed by atoms with E-state index in [1.54, 1.807) is 36.9 Å². The fourth-order valence-electron chi connectivity index (χ4n) is 6.56. The number of hydrogen-bond acceptors (Lipinski definition) is 7. The number of rotatable bonds is 8. The van der Waals surface area contributed by atoms with Gasteiger partial charge in [0.1, 0.15) is 6.29 Å². The number of primary sulfonamides is 1. The number of aromatic amines is 1. The number of carbonyl (C=O) groups excluding carboxylic acids is 3. The molecule has 0 saturated carbocycles. The first-order valence-corrected chi connectivity index (χ1v) is 16.8. The summed E-state index contributed by atoms with van der Waals surface area (Å²) in [5, 5.41) is 12.8. The van der Waals surface area contributed by atoms with Crippen molar-refractivity contribution in [2.75, 3.05) is 13.1 Å². The van der Waals surface area contributed by atoms with Gasteiger partial charge in [0.05, 0.1) is 28.4 Å². The first-order valence-electron chi connectivity index (χ1n) is 15.3. The third-order valence-electron chi connectivity index (χ3n) is 9.05. The minimum absolute atomic E-state index is 0. The maximum atomic E-state index is 13.7. The number of aldehydes is 1. The zero-order valence-corrected chi connectivity index (χ0v) is 27.8. The highest BCUT2D eigenvalue weighted by Gasteiger charge is 2.38. The van der Waals surface area contributed by atoms with E-state index in [4.69, 9.17) is 10.9 Å². The smallest absolute Gasteiger partial charge is 0.254 e. The summed E-state index contributed by atoms with van der Waals surface area (Å²) in [6.07, 6.45) is 3.93. The number of aromatic nitrogens is 1. The Morgan fingerprint density at radius 2 is 1.81 bits per heavy atom. The van der Waals surface area contributed by atoms with Crippen LogP contribution >= 0.6 is 12.4 Å². The van der Waals surface area contributed by atoms with Crippen molar-refractivity contribution in [1.29, 1.82) is 0 Å². The number of carbonyl (C=O) groups is 3. The molecular formula is C34H39ClN6O5S. The quantitative estimate of drug-likeness (QED) is 0.178. The molecule has 3 heterocycles. The lowest BCUT2D eigenvalue weighted by molar-refractivity contribution is -0.126. The number of fused-ring (bicyclic) bond motifs is 3. The molecule has 4 aromatic rings. The Morgan fingerprint density at radius 1 is 1.04 bits per heavy atom. The Balaban J connectivity index is 0.00000433. The van der Waals surface area contributed by atoms with Gasteiger partial charge >= 0.3 is 0 Å². The minimum atomic E-state index is -3.86. The SMILES string of the molecule is CC(C)(N)C(=O)NC(C(C=O)c1c[nH]c2ccccc12)C1NCCc2cc(C(=O)N3CCc4ccc(S(N)(=O)=O)cc4C3)ccc21.Cl. The molecule has 0 fully saturated rings. The van der Waals surface area contributed by atoms with Gasteiger partial charge in [-0.15, -0.1) is 12.4 Å². The highest BCUT2D eigenvalue weighted by molar-refractivity contribution is 7.89. The van der Waals surface area contributed by atoms with Gasteiger partial charge in [0.15, 0.2) is 0 Å². The van der Waals surface area contributed by atoms with Gasteiger partial charge in [-0.05, 0) is 91.4 Å². The Morgan fingerprint density at radius 3 is 2.53 bits per heavy atom. The number of sulfonamides is 1. The van der Waals surface area contributed by atoms with Crippen molar-refractivity contribution >= 4 is 51.4 Å². The van der Waals surface area contributed by atoms with Crippen molar-refractivity contribution in [3.63, 3.8) is 0 Å². The highest BCUT2D eigenvalue weighted by atomic mass is 35.5. The van der Waals surface area contributed by atoms with Crippen molar-refractivity contribution in [2.45, 2.75) is 61.7 Å². The van der Waals surface area contributed by atoms with Gasteiger partial charge < -0.3 is 31.0 Å². The Labute approximate surface area is 279 Å². The molecule has 0 aliphatic carbocycles. The lowest BCUT2D eigenvalue weighted by atomic mass is 9.80. The number of hydrogen-bond donors (Lipinski definition) is 5. The molecule has 0 radical (unpaired) electrons. The number of para-hydroxylation sites is 1. The van der Waals surface area contributed by atoms with Gasteiger partial charge in [-0.3, -0.25) is 9.59 Å². The van der Waals surface area contributed by atoms with E-state index < -0.39 is 33.6 Å². The molecule has 7 N–H and O–H groups in total. The van der Waals surface area contributed by atoms with Crippen molar-refractivity contribution in [1.82, 2.24) is 20.5 Å². The Kier molecular flexibility index (Phi) is 9.63. The molecule has 2 aliphatic rings. The van der Waals surface area contributed by atoms with Crippen LogP contribution in [0, 0.1) is 0 Å². The van der Waals surface area contributed by atoms with Gasteiger partial charge in [0, 0.05) is 35.8 Å². The molecule has 6 rings (SSSR count). The van der Waals surface area contributed by atoms with Crippen LogP contribution in [0.4, 0.5) is 0 Å². The summed E-state index contributed by atoms with van der Waals surface area (Å²) in [5.74, 6) is -1.26. The lowest BCUT2D eigenvalue weighted by Gasteiger charge is -2.38.